The van der Waals surface area contributed by atoms with E-state index in [1.54, 1.807) is 6.07 Å². The van der Waals surface area contributed by atoms with Crippen molar-refractivity contribution in [1.29, 1.82) is 0 Å². The zero-order valence-electron chi connectivity index (χ0n) is 17.7. The first-order valence-corrected chi connectivity index (χ1v) is 10.9. The van der Waals surface area contributed by atoms with Crippen LogP contribution in [0.2, 0.25) is 0 Å². The third kappa shape index (κ3) is 4.54. The summed E-state index contributed by atoms with van der Waals surface area (Å²) in [4.78, 5) is 15.7. The maximum absolute atomic E-state index is 12.8. The highest BCUT2D eigenvalue weighted by atomic mass is 32.2. The molecule has 0 saturated carbocycles. The number of fused-ring (bicyclic) bond motifs is 1. The molecule has 3 aromatic carbocycles. The third-order valence-electron chi connectivity index (χ3n) is 4.85. The van der Waals surface area contributed by atoms with Gasteiger partial charge in [-0.2, -0.15) is 0 Å². The quantitative estimate of drug-likeness (QED) is 0.363. The second kappa shape index (κ2) is 9.18. The topological polar surface area (TPSA) is 54.7 Å². The van der Waals surface area contributed by atoms with Gasteiger partial charge in [0.1, 0.15) is 11.3 Å². The van der Waals surface area contributed by atoms with Gasteiger partial charge in [-0.3, -0.25) is 9.52 Å². The molecule has 0 spiro atoms. The fraction of sp³-hybridized carbons (Fsp3) is 0.160. The maximum Gasteiger partial charge on any atom is 0.297 e. The molecule has 31 heavy (non-hydrogen) atoms. The number of rotatable bonds is 7. The van der Waals surface area contributed by atoms with Gasteiger partial charge in [0, 0.05) is 36.8 Å². The van der Waals surface area contributed by atoms with Crippen LogP contribution in [-0.4, -0.2) is 26.6 Å². The van der Waals surface area contributed by atoms with E-state index in [2.05, 4.69) is 4.72 Å². The van der Waals surface area contributed by atoms with Crippen LogP contribution in [0.15, 0.2) is 82.1 Å². The summed E-state index contributed by atoms with van der Waals surface area (Å²) in [7, 11) is 3.93. The largest absolute Gasteiger partial charge is 0.493 e. The molecule has 1 amide bonds. The van der Waals surface area contributed by atoms with E-state index in [0.29, 0.717) is 12.2 Å². The van der Waals surface area contributed by atoms with Gasteiger partial charge in [0.15, 0.2) is 5.76 Å². The number of benzene rings is 3. The zero-order valence-corrected chi connectivity index (χ0v) is 18.5. The minimum Gasteiger partial charge on any atom is -0.493 e. The minimum absolute atomic E-state index is 0.272. The molecule has 1 aromatic heterocycles. The van der Waals surface area contributed by atoms with E-state index in [1.165, 1.54) is 11.9 Å². The summed E-state index contributed by atoms with van der Waals surface area (Å²) in [6.45, 7) is 2.48. The average molecular weight is 433 g/mol. The van der Waals surface area contributed by atoms with Crippen molar-refractivity contribution >= 4 is 34.5 Å². The first kappa shape index (κ1) is 20.9. The predicted octanol–water partition coefficient (Wildman–Crippen LogP) is 6.00. The summed E-state index contributed by atoms with van der Waals surface area (Å²) >= 11 is 1.24. The molecule has 4 aromatic rings. The van der Waals surface area contributed by atoms with Crippen molar-refractivity contribution in [2.45, 2.75) is 11.8 Å². The number of carbonyl (C=O) groups excluding carboxylic acids is 1. The molecule has 0 radical (unpaired) electrons. The van der Waals surface area contributed by atoms with E-state index in [4.69, 9.17) is 9.15 Å². The number of hydrogen-bond acceptors (Lipinski definition) is 5. The zero-order chi connectivity index (χ0) is 21.8. The van der Waals surface area contributed by atoms with Crippen LogP contribution >= 0.6 is 11.9 Å². The highest BCUT2D eigenvalue weighted by molar-refractivity contribution is 7.98. The Morgan fingerprint density at radius 3 is 2.58 bits per heavy atom. The van der Waals surface area contributed by atoms with Crippen molar-refractivity contribution in [3.8, 4) is 16.9 Å². The molecule has 0 fully saturated rings. The van der Waals surface area contributed by atoms with Crippen LogP contribution in [0, 0.1) is 0 Å². The lowest BCUT2D eigenvalue weighted by Gasteiger charge is -2.14. The number of hydrogen-bond donors (Lipinski definition) is 1. The van der Waals surface area contributed by atoms with Gasteiger partial charge in [-0.25, -0.2) is 0 Å². The Balaban J connectivity index is 1.60. The lowest BCUT2D eigenvalue weighted by Crippen LogP contribution is -2.15. The van der Waals surface area contributed by atoms with E-state index in [-0.39, 0.29) is 11.7 Å². The lowest BCUT2D eigenvalue weighted by atomic mass is 10.1. The molecule has 158 valence electrons. The molecule has 5 nitrogen and oxygen atoms in total. The predicted molar refractivity (Wildman–Crippen MR) is 127 cm³/mol. The number of ether oxygens (including phenoxy) is 1. The monoisotopic (exact) mass is 432 g/mol. The molecular formula is C25H24N2O3S. The van der Waals surface area contributed by atoms with Crippen LogP contribution in [0.4, 0.5) is 5.69 Å². The van der Waals surface area contributed by atoms with Crippen LogP contribution in [0.25, 0.3) is 22.1 Å². The number of carbonyl (C=O) groups is 1. The Morgan fingerprint density at radius 1 is 1.03 bits per heavy atom. The van der Waals surface area contributed by atoms with Gasteiger partial charge < -0.3 is 14.1 Å². The van der Waals surface area contributed by atoms with Gasteiger partial charge in [-0.15, -0.1) is 0 Å². The summed E-state index contributed by atoms with van der Waals surface area (Å²) < 4.78 is 14.6. The van der Waals surface area contributed by atoms with Crippen LogP contribution < -0.4 is 14.4 Å². The van der Waals surface area contributed by atoms with E-state index in [0.717, 1.165) is 32.8 Å². The fourth-order valence-corrected chi connectivity index (χ4v) is 4.11. The van der Waals surface area contributed by atoms with Crippen LogP contribution in [0.3, 0.4) is 0 Å². The lowest BCUT2D eigenvalue weighted by molar-refractivity contribution is 0.0959. The highest BCUT2D eigenvalue weighted by Gasteiger charge is 2.17. The van der Waals surface area contributed by atoms with E-state index >= 15 is 0 Å². The molecule has 0 saturated heterocycles. The van der Waals surface area contributed by atoms with Crippen LogP contribution in [-0.2, 0) is 0 Å². The number of nitrogens with zero attached hydrogens (tertiary/aromatic N) is 1. The standard InChI is InChI=1S/C25H24N2O3S/c1-4-29-21-12-8-11-20(17-9-6-5-7-10-17)24(21)31-26-25(28)23-15-18-13-14-19(27(2)3)16-22(18)30-23/h5-16H,4H2,1-3H3,(H,26,28). The van der Waals surface area contributed by atoms with Crippen molar-refractivity contribution in [1.82, 2.24) is 4.72 Å². The smallest absolute Gasteiger partial charge is 0.297 e. The van der Waals surface area contributed by atoms with Crippen molar-refractivity contribution < 1.29 is 13.9 Å². The first-order chi connectivity index (χ1) is 15.1. The fourth-order valence-electron chi connectivity index (χ4n) is 3.29. The molecule has 6 heteroatoms. The summed E-state index contributed by atoms with van der Waals surface area (Å²) in [5, 5.41) is 0.889. The Morgan fingerprint density at radius 2 is 1.84 bits per heavy atom. The Hall–Kier alpha value is -3.38. The summed E-state index contributed by atoms with van der Waals surface area (Å²) in [6, 6.07) is 23.6. The molecular weight excluding hydrogens is 408 g/mol. The average Bonchev–Trinajstić information content (AvgIpc) is 3.22. The van der Waals surface area contributed by atoms with E-state index in [1.807, 2.05) is 92.6 Å². The normalized spacial score (nSPS) is 10.8. The molecule has 1 N–H and O–H groups in total. The molecule has 0 aliphatic carbocycles. The SMILES string of the molecule is CCOc1cccc(-c2ccccc2)c1SNC(=O)c1cc2ccc(N(C)C)cc2o1. The van der Waals surface area contributed by atoms with Crippen molar-refractivity contribution in [3.63, 3.8) is 0 Å². The second-order valence-electron chi connectivity index (χ2n) is 7.19. The van der Waals surface area contributed by atoms with E-state index in [9.17, 15) is 4.79 Å². The number of nitrogens with one attached hydrogen (secondary N) is 1. The van der Waals surface area contributed by atoms with Gasteiger partial charge >= 0.3 is 0 Å². The summed E-state index contributed by atoms with van der Waals surface area (Å²) in [5.74, 6) is 0.709. The van der Waals surface area contributed by atoms with Gasteiger partial charge in [0.25, 0.3) is 5.91 Å². The third-order valence-corrected chi connectivity index (χ3v) is 5.77. The molecule has 0 unspecified atom stereocenters. The molecule has 0 bridgehead atoms. The van der Waals surface area contributed by atoms with E-state index < -0.39 is 0 Å². The minimum atomic E-state index is -0.294. The Bertz CT molecular complexity index is 1200. The number of amides is 1. The van der Waals surface area contributed by atoms with Crippen LogP contribution in [0.5, 0.6) is 5.75 Å². The second-order valence-corrected chi connectivity index (χ2v) is 8.01. The van der Waals surface area contributed by atoms with Crippen molar-refractivity contribution in [3.05, 3.63) is 78.6 Å². The van der Waals surface area contributed by atoms with Gasteiger partial charge in [0.05, 0.1) is 11.5 Å². The highest BCUT2D eigenvalue weighted by Crippen LogP contribution is 2.37. The molecule has 0 aliphatic heterocycles. The first-order valence-electron chi connectivity index (χ1n) is 10.1. The maximum atomic E-state index is 12.8. The van der Waals surface area contributed by atoms with Gasteiger partial charge in [0.2, 0.25) is 0 Å². The van der Waals surface area contributed by atoms with Gasteiger partial charge in [-0.05, 0) is 48.7 Å². The molecule has 0 aliphatic rings. The van der Waals surface area contributed by atoms with Gasteiger partial charge in [-0.1, -0.05) is 42.5 Å². The Kier molecular flexibility index (Phi) is 6.18. The van der Waals surface area contributed by atoms with Crippen molar-refractivity contribution in [2.75, 3.05) is 25.6 Å². The molecule has 4 rings (SSSR count). The molecule has 0 atom stereocenters. The number of anilines is 1. The number of furan rings is 1. The van der Waals surface area contributed by atoms with Crippen molar-refractivity contribution in [2.24, 2.45) is 0 Å². The Labute approximate surface area is 186 Å². The summed E-state index contributed by atoms with van der Waals surface area (Å²) in [5.41, 5.74) is 3.75. The van der Waals surface area contributed by atoms with Crippen LogP contribution in [0.1, 0.15) is 17.5 Å². The summed E-state index contributed by atoms with van der Waals surface area (Å²) in [6.07, 6.45) is 0. The molecule has 1 heterocycles.